The van der Waals surface area contributed by atoms with Crippen molar-refractivity contribution >= 4 is 5.91 Å². The normalized spacial score (nSPS) is 60.1. The smallest absolute Gasteiger partial charge is 0.228 e. The van der Waals surface area contributed by atoms with E-state index in [4.69, 9.17) is 4.74 Å². The molecule has 2 saturated heterocycles. The van der Waals surface area contributed by atoms with Crippen LogP contribution in [0.5, 0.6) is 0 Å². The predicted octanol–water partition coefficient (Wildman–Crippen LogP) is 0.597. The number of nitrogens with zero attached hydrogens (tertiary/aromatic N) is 1. The van der Waals surface area contributed by atoms with Crippen LogP contribution in [0.4, 0.5) is 0 Å². The Hall–Kier alpha value is -0.610. The van der Waals surface area contributed by atoms with E-state index in [9.17, 15) is 9.90 Å². The average molecular weight is 249 g/mol. The number of fused-ring (bicyclic) bond motifs is 2. The van der Waals surface area contributed by atoms with Gasteiger partial charge >= 0.3 is 0 Å². The number of likely N-dealkylation sites (tertiary alicyclic amines) is 1. The summed E-state index contributed by atoms with van der Waals surface area (Å²) < 4.78 is 6.20. The lowest BCUT2D eigenvalue weighted by atomic mass is 9.77. The fourth-order valence-corrected chi connectivity index (χ4v) is 5.38. The highest BCUT2D eigenvalue weighted by atomic mass is 16.6. The van der Waals surface area contributed by atoms with Crippen LogP contribution in [-0.2, 0) is 9.53 Å². The number of carbonyl (C=O) groups excluding carboxylic acids is 1. The third kappa shape index (κ3) is 0.904. The van der Waals surface area contributed by atoms with E-state index in [-0.39, 0.29) is 23.8 Å². The van der Waals surface area contributed by atoms with Crippen molar-refractivity contribution in [1.82, 2.24) is 4.90 Å². The van der Waals surface area contributed by atoms with Gasteiger partial charge in [0.1, 0.15) is 5.72 Å². The molecule has 98 valence electrons. The largest absolute Gasteiger partial charge is 0.390 e. The molecular weight excluding hydrogens is 230 g/mol. The summed E-state index contributed by atoms with van der Waals surface area (Å²) in [7, 11) is 0. The number of aliphatic hydroxyl groups is 1. The summed E-state index contributed by atoms with van der Waals surface area (Å²) in [6.07, 6.45) is 3.11. The van der Waals surface area contributed by atoms with Crippen LogP contribution in [0.2, 0.25) is 0 Å². The maximum absolute atomic E-state index is 12.7. The monoisotopic (exact) mass is 249 g/mol. The molecule has 7 atom stereocenters. The van der Waals surface area contributed by atoms with Crippen molar-refractivity contribution in [3.05, 3.63) is 0 Å². The standard InChI is InChI=1S/C14H19NO3/c1-14-10-8-4-7(11(16)12(8)18-14)9(10)13(17)15(14)5-6-2-3-6/h6-12,16H,2-5H2,1H3. The second-order valence-corrected chi connectivity index (χ2v) is 7.13. The van der Waals surface area contributed by atoms with Crippen molar-refractivity contribution in [2.75, 3.05) is 6.54 Å². The van der Waals surface area contributed by atoms with Crippen LogP contribution in [-0.4, -0.2) is 40.4 Å². The van der Waals surface area contributed by atoms with Crippen molar-refractivity contribution in [2.24, 2.45) is 29.6 Å². The Morgan fingerprint density at radius 1 is 1.44 bits per heavy atom. The maximum Gasteiger partial charge on any atom is 0.228 e. The molecule has 3 aliphatic carbocycles. The first-order valence-corrected chi connectivity index (χ1v) is 7.28. The predicted molar refractivity (Wildman–Crippen MR) is 62.3 cm³/mol. The number of rotatable bonds is 2. The number of ether oxygens (including phenoxy) is 1. The molecule has 5 fully saturated rings. The van der Waals surface area contributed by atoms with E-state index < -0.39 is 11.8 Å². The molecule has 0 spiro atoms. The fourth-order valence-electron chi connectivity index (χ4n) is 5.38. The highest BCUT2D eigenvalue weighted by Gasteiger charge is 2.76. The first kappa shape index (κ1) is 10.2. The van der Waals surface area contributed by atoms with E-state index in [1.54, 1.807) is 0 Å². The van der Waals surface area contributed by atoms with Gasteiger partial charge in [-0.2, -0.15) is 0 Å². The van der Waals surface area contributed by atoms with Gasteiger partial charge in [0, 0.05) is 12.5 Å². The average Bonchev–Trinajstić information content (AvgIpc) is 2.85. The third-order valence-electron chi connectivity index (χ3n) is 6.27. The SMILES string of the molecule is CC12OC3C(O)C4CC3C1C4C(=O)N2CC1CC1. The van der Waals surface area contributed by atoms with Crippen LogP contribution in [0.3, 0.4) is 0 Å². The lowest BCUT2D eigenvalue weighted by Crippen LogP contribution is -2.49. The minimum atomic E-state index is -0.411. The molecule has 5 rings (SSSR count). The molecule has 1 N–H and O–H groups in total. The van der Waals surface area contributed by atoms with Crippen molar-refractivity contribution in [2.45, 2.75) is 44.1 Å². The van der Waals surface area contributed by atoms with Crippen LogP contribution >= 0.6 is 0 Å². The van der Waals surface area contributed by atoms with Crippen LogP contribution in [0.15, 0.2) is 0 Å². The van der Waals surface area contributed by atoms with Crippen molar-refractivity contribution in [3.8, 4) is 0 Å². The van der Waals surface area contributed by atoms with Gasteiger partial charge in [0.2, 0.25) is 5.91 Å². The van der Waals surface area contributed by atoms with Crippen molar-refractivity contribution < 1.29 is 14.6 Å². The molecule has 5 aliphatic rings. The minimum absolute atomic E-state index is 0.00365. The molecule has 2 bridgehead atoms. The Balaban J connectivity index is 1.59. The van der Waals surface area contributed by atoms with Gasteiger partial charge in [-0.25, -0.2) is 0 Å². The zero-order valence-corrected chi connectivity index (χ0v) is 10.6. The van der Waals surface area contributed by atoms with E-state index in [0.29, 0.717) is 17.8 Å². The van der Waals surface area contributed by atoms with Gasteiger partial charge in [0.25, 0.3) is 0 Å². The molecule has 7 unspecified atom stereocenters. The summed E-state index contributed by atoms with van der Waals surface area (Å²) in [6.45, 7) is 2.97. The topological polar surface area (TPSA) is 49.8 Å². The molecular formula is C14H19NO3. The molecule has 0 aromatic heterocycles. The Labute approximate surface area is 106 Å². The molecule has 0 aromatic rings. The van der Waals surface area contributed by atoms with Gasteiger partial charge < -0.3 is 14.7 Å². The zero-order valence-electron chi connectivity index (χ0n) is 10.6. The summed E-state index contributed by atoms with van der Waals surface area (Å²) in [6, 6.07) is 0. The number of hydrogen-bond donors (Lipinski definition) is 1. The molecule has 18 heavy (non-hydrogen) atoms. The summed E-state index contributed by atoms with van der Waals surface area (Å²) in [5.74, 6) is 1.96. The molecule has 2 aliphatic heterocycles. The van der Waals surface area contributed by atoms with E-state index in [1.807, 2.05) is 4.90 Å². The number of amides is 1. The molecule has 4 nitrogen and oxygen atoms in total. The van der Waals surface area contributed by atoms with Crippen molar-refractivity contribution in [1.29, 1.82) is 0 Å². The lowest BCUT2D eigenvalue weighted by molar-refractivity contribution is -0.173. The Morgan fingerprint density at radius 2 is 2.22 bits per heavy atom. The van der Waals surface area contributed by atoms with Crippen LogP contribution in [0.1, 0.15) is 26.2 Å². The molecule has 1 amide bonds. The highest BCUT2D eigenvalue weighted by Crippen LogP contribution is 2.67. The summed E-state index contributed by atoms with van der Waals surface area (Å²) in [5.41, 5.74) is -0.411. The first-order valence-electron chi connectivity index (χ1n) is 7.28. The first-order chi connectivity index (χ1) is 8.61. The van der Waals surface area contributed by atoms with E-state index in [1.165, 1.54) is 12.8 Å². The van der Waals surface area contributed by atoms with Crippen LogP contribution in [0, 0.1) is 29.6 Å². The van der Waals surface area contributed by atoms with Crippen LogP contribution < -0.4 is 0 Å². The molecule has 2 heterocycles. The number of aliphatic hydroxyl groups excluding tert-OH is 1. The quantitative estimate of drug-likeness (QED) is 0.779. The number of hydrogen-bond acceptors (Lipinski definition) is 3. The Bertz CT molecular complexity index is 448. The second kappa shape index (κ2) is 2.78. The van der Waals surface area contributed by atoms with Gasteiger partial charge in [-0.15, -0.1) is 0 Å². The Kier molecular flexibility index (Phi) is 1.58. The van der Waals surface area contributed by atoms with Crippen molar-refractivity contribution in [3.63, 3.8) is 0 Å². The summed E-state index contributed by atoms with van der Waals surface area (Å²) in [5, 5.41) is 10.2. The molecule has 3 saturated carbocycles. The maximum atomic E-state index is 12.7. The van der Waals surface area contributed by atoms with Gasteiger partial charge in [0.15, 0.2) is 0 Å². The van der Waals surface area contributed by atoms with Gasteiger partial charge in [-0.1, -0.05) is 0 Å². The van der Waals surface area contributed by atoms with Gasteiger partial charge in [-0.05, 0) is 43.9 Å². The van der Waals surface area contributed by atoms with E-state index in [0.717, 1.165) is 13.0 Å². The van der Waals surface area contributed by atoms with Gasteiger partial charge in [-0.3, -0.25) is 4.79 Å². The van der Waals surface area contributed by atoms with E-state index >= 15 is 0 Å². The third-order valence-corrected chi connectivity index (χ3v) is 6.27. The molecule has 0 aromatic carbocycles. The van der Waals surface area contributed by atoms with Crippen LogP contribution in [0.25, 0.3) is 0 Å². The summed E-state index contributed by atoms with van der Waals surface area (Å²) >= 11 is 0. The summed E-state index contributed by atoms with van der Waals surface area (Å²) in [4.78, 5) is 14.7. The zero-order chi connectivity index (χ0) is 12.2. The minimum Gasteiger partial charge on any atom is -0.390 e. The fraction of sp³-hybridized carbons (Fsp3) is 0.929. The Morgan fingerprint density at radius 3 is 2.94 bits per heavy atom. The molecule has 0 radical (unpaired) electrons. The van der Waals surface area contributed by atoms with E-state index in [2.05, 4.69) is 6.92 Å². The number of carbonyl (C=O) groups is 1. The highest BCUT2D eigenvalue weighted by molar-refractivity contribution is 5.84. The lowest BCUT2D eigenvalue weighted by Gasteiger charge is -2.36. The second-order valence-electron chi connectivity index (χ2n) is 7.13. The van der Waals surface area contributed by atoms with Gasteiger partial charge in [0.05, 0.1) is 18.1 Å². The molecule has 4 heteroatoms.